The molecule has 0 aromatic rings. The van der Waals surface area contributed by atoms with E-state index in [0.29, 0.717) is 5.92 Å². The highest BCUT2D eigenvalue weighted by atomic mass is 19.4. The molecule has 21 heavy (non-hydrogen) atoms. The van der Waals surface area contributed by atoms with Crippen molar-refractivity contribution in [1.29, 1.82) is 0 Å². The van der Waals surface area contributed by atoms with Crippen molar-refractivity contribution < 1.29 is 32.2 Å². The highest BCUT2D eigenvalue weighted by molar-refractivity contribution is 5.75. The minimum Gasteiger partial charge on any atom is -0.404 e. The first-order chi connectivity index (χ1) is 9.90. The molecule has 0 amide bonds. The average molecular weight is 310 g/mol. The van der Waals surface area contributed by atoms with Gasteiger partial charge in [-0.3, -0.25) is 0 Å². The highest BCUT2D eigenvalue weighted by Crippen LogP contribution is 2.36. The van der Waals surface area contributed by atoms with E-state index in [1.807, 2.05) is 0 Å². The minimum atomic E-state index is -5.03. The van der Waals surface area contributed by atoms with Gasteiger partial charge in [0.2, 0.25) is 0 Å². The van der Waals surface area contributed by atoms with Crippen molar-refractivity contribution in [2.75, 3.05) is 13.2 Å². The third kappa shape index (κ3) is 4.57. The summed E-state index contributed by atoms with van der Waals surface area (Å²) in [7, 11) is 0. The Hall–Kier alpha value is -0.820. The molecule has 1 aliphatic carbocycles. The first-order valence-electron chi connectivity index (χ1n) is 7.41. The van der Waals surface area contributed by atoms with Crippen LogP contribution in [0.25, 0.3) is 0 Å². The molecule has 1 saturated carbocycles. The summed E-state index contributed by atoms with van der Waals surface area (Å²) in [6, 6.07) is 0. The molecule has 0 aromatic carbocycles. The van der Waals surface area contributed by atoms with E-state index in [4.69, 9.17) is 9.47 Å². The summed E-state index contributed by atoms with van der Waals surface area (Å²) in [5.74, 6) is -0.850. The van der Waals surface area contributed by atoms with Crippen LogP contribution in [0.2, 0.25) is 0 Å². The summed E-state index contributed by atoms with van der Waals surface area (Å²) in [6.45, 7) is 1.20. The third-order valence-electron chi connectivity index (χ3n) is 4.46. The second-order valence-corrected chi connectivity index (χ2v) is 5.81. The second-order valence-electron chi connectivity index (χ2n) is 5.81. The lowest BCUT2D eigenvalue weighted by Gasteiger charge is -2.37. The van der Waals surface area contributed by atoms with E-state index in [9.17, 15) is 18.0 Å². The number of hydrogen-bond acceptors (Lipinski definition) is 4. The van der Waals surface area contributed by atoms with E-state index in [0.717, 1.165) is 18.8 Å². The fraction of sp³-hybridized carbons (Fsp3) is 0.929. The zero-order valence-corrected chi connectivity index (χ0v) is 12.0. The molecule has 1 heterocycles. The molecule has 0 bridgehead atoms. The molecule has 4 nitrogen and oxygen atoms in total. The van der Waals surface area contributed by atoms with Gasteiger partial charge in [-0.25, -0.2) is 4.79 Å². The summed E-state index contributed by atoms with van der Waals surface area (Å²) in [5.41, 5.74) is 0. The molecule has 0 unspecified atom stereocenters. The smallest absolute Gasteiger partial charge is 0.404 e. The molecule has 2 fully saturated rings. The molecule has 0 atom stereocenters. The van der Waals surface area contributed by atoms with Crippen molar-refractivity contribution in [1.82, 2.24) is 0 Å². The summed E-state index contributed by atoms with van der Waals surface area (Å²) in [6.07, 6.45) is 0.738. The third-order valence-corrected chi connectivity index (χ3v) is 4.46. The van der Waals surface area contributed by atoms with Crippen LogP contribution >= 0.6 is 0 Å². The predicted octanol–water partition coefficient (Wildman–Crippen LogP) is 3.25. The number of rotatable bonds is 3. The summed E-state index contributed by atoms with van der Waals surface area (Å²) >= 11 is 0. The van der Waals surface area contributed by atoms with Crippen LogP contribution in [0.3, 0.4) is 0 Å². The van der Waals surface area contributed by atoms with Crippen molar-refractivity contribution in [3.63, 3.8) is 0 Å². The topological polar surface area (TPSA) is 44.8 Å². The van der Waals surface area contributed by atoms with Crippen molar-refractivity contribution >= 4 is 5.97 Å². The Morgan fingerprint density at radius 2 is 1.67 bits per heavy atom. The van der Waals surface area contributed by atoms with Gasteiger partial charge in [0.25, 0.3) is 0 Å². The number of esters is 1. The van der Waals surface area contributed by atoms with Gasteiger partial charge in [0.15, 0.2) is 0 Å². The molecule has 0 aromatic heterocycles. The SMILES string of the molecule is CCC1CCC(C2COC(OC(=O)C(F)(F)F)OC2)CC1. The van der Waals surface area contributed by atoms with Crippen LogP contribution < -0.4 is 0 Å². The molecule has 0 radical (unpaired) electrons. The van der Waals surface area contributed by atoms with E-state index < -0.39 is 18.6 Å². The highest BCUT2D eigenvalue weighted by Gasteiger charge is 2.43. The zero-order chi connectivity index (χ0) is 15.5. The van der Waals surface area contributed by atoms with E-state index in [2.05, 4.69) is 11.7 Å². The second kappa shape index (κ2) is 6.96. The van der Waals surface area contributed by atoms with Crippen molar-refractivity contribution in [2.45, 2.75) is 51.7 Å². The first-order valence-corrected chi connectivity index (χ1v) is 7.41. The van der Waals surface area contributed by atoms with Gasteiger partial charge in [0.05, 0.1) is 13.2 Å². The lowest BCUT2D eigenvalue weighted by atomic mass is 9.75. The fourth-order valence-electron chi connectivity index (χ4n) is 3.06. The van der Waals surface area contributed by atoms with E-state index in [1.165, 1.54) is 19.3 Å². The van der Waals surface area contributed by atoms with Crippen LogP contribution in [0.15, 0.2) is 0 Å². The lowest BCUT2D eigenvalue weighted by molar-refractivity contribution is -0.324. The Morgan fingerprint density at radius 1 is 1.10 bits per heavy atom. The largest absolute Gasteiger partial charge is 0.491 e. The first kappa shape index (κ1) is 16.5. The molecule has 7 heteroatoms. The Kier molecular flexibility index (Phi) is 5.48. The van der Waals surface area contributed by atoms with E-state index in [-0.39, 0.29) is 19.1 Å². The van der Waals surface area contributed by atoms with Gasteiger partial charge in [-0.1, -0.05) is 26.2 Å². The van der Waals surface area contributed by atoms with E-state index >= 15 is 0 Å². The summed E-state index contributed by atoms with van der Waals surface area (Å²) in [4.78, 5) is 10.7. The van der Waals surface area contributed by atoms with Gasteiger partial charge in [-0.05, 0) is 24.7 Å². The van der Waals surface area contributed by atoms with Crippen LogP contribution in [0.5, 0.6) is 0 Å². The summed E-state index contributed by atoms with van der Waals surface area (Å²) < 4.78 is 50.5. The monoisotopic (exact) mass is 310 g/mol. The van der Waals surface area contributed by atoms with Crippen molar-refractivity contribution in [3.05, 3.63) is 0 Å². The molecule has 122 valence electrons. The Balaban J connectivity index is 1.72. The van der Waals surface area contributed by atoms with Gasteiger partial charge in [-0.2, -0.15) is 13.2 Å². The van der Waals surface area contributed by atoms with Gasteiger partial charge in [0.1, 0.15) is 0 Å². The molecule has 1 aliphatic heterocycles. The number of hydrogen-bond donors (Lipinski definition) is 0. The maximum atomic E-state index is 12.1. The number of carbonyl (C=O) groups is 1. The average Bonchev–Trinajstić information content (AvgIpc) is 2.47. The van der Waals surface area contributed by atoms with Crippen LogP contribution in [-0.4, -0.2) is 31.8 Å². The molecule has 0 N–H and O–H groups in total. The van der Waals surface area contributed by atoms with Gasteiger partial charge >= 0.3 is 18.6 Å². The standard InChI is InChI=1S/C14H21F3O4/c1-2-9-3-5-10(6-4-9)11-7-19-13(20-8-11)21-12(18)14(15,16)17/h9-11,13H,2-8H2,1H3. The van der Waals surface area contributed by atoms with Gasteiger partial charge in [-0.15, -0.1) is 0 Å². The van der Waals surface area contributed by atoms with Crippen LogP contribution in [0.4, 0.5) is 13.2 Å². The maximum Gasteiger partial charge on any atom is 0.491 e. The lowest BCUT2D eigenvalue weighted by Crippen LogP contribution is -2.41. The predicted molar refractivity (Wildman–Crippen MR) is 67.1 cm³/mol. The Bertz CT molecular complexity index is 343. The normalized spacial score (nSPS) is 34.5. The number of halogens is 3. The Morgan fingerprint density at radius 3 is 2.14 bits per heavy atom. The van der Waals surface area contributed by atoms with Crippen molar-refractivity contribution in [3.8, 4) is 0 Å². The number of alkyl halides is 3. The van der Waals surface area contributed by atoms with Crippen LogP contribution in [-0.2, 0) is 19.0 Å². The quantitative estimate of drug-likeness (QED) is 0.751. The minimum absolute atomic E-state index is 0.170. The van der Waals surface area contributed by atoms with Gasteiger partial charge in [0, 0.05) is 5.92 Å². The van der Waals surface area contributed by atoms with Crippen molar-refractivity contribution in [2.24, 2.45) is 17.8 Å². The maximum absolute atomic E-state index is 12.1. The van der Waals surface area contributed by atoms with E-state index in [1.54, 1.807) is 0 Å². The Labute approximate surface area is 121 Å². The molecular formula is C14H21F3O4. The molecule has 2 rings (SSSR count). The molecule has 1 saturated heterocycles. The fourth-order valence-corrected chi connectivity index (χ4v) is 3.06. The number of carbonyl (C=O) groups excluding carboxylic acids is 1. The van der Waals surface area contributed by atoms with Gasteiger partial charge < -0.3 is 14.2 Å². The molecule has 0 spiro atoms. The van der Waals surface area contributed by atoms with Crippen LogP contribution in [0.1, 0.15) is 39.0 Å². The number of ether oxygens (including phenoxy) is 3. The molecule has 2 aliphatic rings. The molecular weight excluding hydrogens is 289 g/mol. The van der Waals surface area contributed by atoms with Crippen LogP contribution in [0, 0.1) is 17.8 Å². The zero-order valence-electron chi connectivity index (χ0n) is 12.0. The summed E-state index contributed by atoms with van der Waals surface area (Å²) in [5, 5.41) is 0.